The highest BCUT2D eigenvalue weighted by molar-refractivity contribution is 7.89. The molecule has 1 atom stereocenters. The summed E-state index contributed by atoms with van der Waals surface area (Å²) in [4.78, 5) is 24.2. The van der Waals surface area contributed by atoms with Crippen LogP contribution >= 0.6 is 11.6 Å². The number of rotatable bonds is 8. The van der Waals surface area contributed by atoms with Crippen molar-refractivity contribution in [2.75, 3.05) is 13.6 Å². The summed E-state index contributed by atoms with van der Waals surface area (Å²) in [7, 11) is -2.21. The molecule has 0 aliphatic heterocycles. The van der Waals surface area contributed by atoms with E-state index in [-0.39, 0.29) is 29.5 Å². The van der Waals surface area contributed by atoms with Crippen LogP contribution in [0.1, 0.15) is 24.9 Å². The summed E-state index contributed by atoms with van der Waals surface area (Å²) >= 11 is 5.81. The number of nitro benzene ring substituents is 1. The number of hydrogen-bond donors (Lipinski definition) is 1. The second-order valence-electron chi connectivity index (χ2n) is 6.14. The van der Waals surface area contributed by atoms with E-state index >= 15 is 0 Å². The van der Waals surface area contributed by atoms with Crippen LogP contribution in [0.2, 0.25) is 5.02 Å². The molecule has 0 saturated carbocycles. The lowest BCUT2D eigenvalue weighted by atomic mass is 10.1. The monoisotopic (exact) mass is 425 g/mol. The van der Waals surface area contributed by atoms with Crippen LogP contribution in [0.4, 0.5) is 5.69 Å². The highest BCUT2D eigenvalue weighted by Crippen LogP contribution is 2.23. The Kier molecular flexibility index (Phi) is 7.11. The maximum Gasteiger partial charge on any atom is 0.269 e. The lowest BCUT2D eigenvalue weighted by Gasteiger charge is -2.25. The van der Waals surface area contributed by atoms with Crippen molar-refractivity contribution in [3.8, 4) is 0 Å². The van der Waals surface area contributed by atoms with Crippen molar-refractivity contribution < 1.29 is 18.1 Å². The van der Waals surface area contributed by atoms with Gasteiger partial charge in [-0.3, -0.25) is 14.9 Å². The Hall–Kier alpha value is -2.49. The molecule has 2 rings (SSSR count). The van der Waals surface area contributed by atoms with Gasteiger partial charge in [-0.2, -0.15) is 0 Å². The van der Waals surface area contributed by atoms with Gasteiger partial charge in [-0.25, -0.2) is 13.1 Å². The predicted molar refractivity (Wildman–Crippen MR) is 106 cm³/mol. The van der Waals surface area contributed by atoms with E-state index in [2.05, 4.69) is 4.72 Å². The summed E-state index contributed by atoms with van der Waals surface area (Å²) in [6.45, 7) is 1.66. The minimum absolute atomic E-state index is 0.0192. The summed E-state index contributed by atoms with van der Waals surface area (Å²) in [5, 5.41) is 11.2. The second kappa shape index (κ2) is 9.13. The Balaban J connectivity index is 1.97. The molecular formula is C18H20ClN3O5S. The fraction of sp³-hybridized carbons (Fsp3) is 0.278. The van der Waals surface area contributed by atoms with E-state index in [9.17, 15) is 23.3 Å². The molecule has 1 N–H and O–H groups in total. The van der Waals surface area contributed by atoms with E-state index < -0.39 is 21.0 Å². The molecule has 8 nitrogen and oxygen atoms in total. The zero-order valence-corrected chi connectivity index (χ0v) is 16.9. The van der Waals surface area contributed by atoms with Gasteiger partial charge in [0.1, 0.15) is 0 Å². The minimum Gasteiger partial charge on any atom is -0.339 e. The van der Waals surface area contributed by atoms with Crippen LogP contribution in [0, 0.1) is 10.1 Å². The van der Waals surface area contributed by atoms with Crippen LogP contribution in [0.3, 0.4) is 0 Å². The molecule has 10 heteroatoms. The summed E-state index contributed by atoms with van der Waals surface area (Å²) in [6, 6.07) is 11.5. The van der Waals surface area contributed by atoms with E-state index in [1.807, 2.05) is 0 Å². The average Bonchev–Trinajstić information content (AvgIpc) is 2.66. The van der Waals surface area contributed by atoms with E-state index in [0.717, 1.165) is 0 Å². The molecule has 0 spiro atoms. The number of nitrogens with zero attached hydrogens (tertiary/aromatic N) is 2. The van der Waals surface area contributed by atoms with Crippen molar-refractivity contribution in [2.45, 2.75) is 24.3 Å². The summed E-state index contributed by atoms with van der Waals surface area (Å²) < 4.78 is 26.8. The fourth-order valence-corrected chi connectivity index (χ4v) is 3.86. The SMILES string of the molecule is CC(c1cccc([N+](=O)[O-])c1)N(C)C(=O)CCNS(=O)(=O)c1cccc(Cl)c1. The van der Waals surface area contributed by atoms with Crippen molar-refractivity contribution in [2.24, 2.45) is 0 Å². The zero-order valence-electron chi connectivity index (χ0n) is 15.3. The number of benzene rings is 2. The quantitative estimate of drug-likeness (QED) is 0.516. The molecule has 0 aliphatic carbocycles. The van der Waals surface area contributed by atoms with E-state index in [1.165, 1.54) is 35.2 Å². The van der Waals surface area contributed by atoms with Crippen LogP contribution in [0.25, 0.3) is 0 Å². The molecule has 2 aromatic rings. The van der Waals surface area contributed by atoms with E-state index in [0.29, 0.717) is 10.6 Å². The predicted octanol–water partition coefficient (Wildman–Crippen LogP) is 3.14. The number of carbonyl (C=O) groups is 1. The molecule has 150 valence electrons. The zero-order chi connectivity index (χ0) is 20.9. The van der Waals surface area contributed by atoms with Crippen molar-refractivity contribution in [1.29, 1.82) is 0 Å². The molecule has 1 amide bonds. The number of carbonyl (C=O) groups excluding carboxylic acids is 1. The first-order valence-corrected chi connectivity index (χ1v) is 10.2. The van der Waals surface area contributed by atoms with Crippen LogP contribution in [-0.4, -0.2) is 37.7 Å². The number of non-ortho nitro benzene ring substituents is 1. The van der Waals surface area contributed by atoms with E-state index in [4.69, 9.17) is 11.6 Å². The maximum atomic E-state index is 12.4. The first-order chi connectivity index (χ1) is 13.1. The summed E-state index contributed by atoms with van der Waals surface area (Å²) in [5.74, 6) is -0.298. The lowest BCUT2D eigenvalue weighted by molar-refractivity contribution is -0.384. The van der Waals surface area contributed by atoms with Gasteiger partial charge < -0.3 is 4.90 Å². The average molecular weight is 426 g/mol. The normalized spacial score (nSPS) is 12.4. The van der Waals surface area contributed by atoms with Crippen LogP contribution < -0.4 is 4.72 Å². The first kappa shape index (κ1) is 21.8. The van der Waals surface area contributed by atoms with Gasteiger partial charge in [-0.15, -0.1) is 0 Å². The number of halogens is 1. The Morgan fingerprint density at radius 3 is 2.57 bits per heavy atom. The lowest BCUT2D eigenvalue weighted by Crippen LogP contribution is -2.33. The standard InChI is InChI=1S/C18H20ClN3O5S/c1-13(14-5-3-7-16(11-14)22(24)25)21(2)18(23)9-10-20-28(26,27)17-8-4-6-15(19)12-17/h3-8,11-13,20H,9-10H2,1-2H3. The van der Waals surface area contributed by atoms with Gasteiger partial charge in [0.25, 0.3) is 5.69 Å². The topological polar surface area (TPSA) is 110 Å². The van der Waals surface area contributed by atoms with Gasteiger partial charge in [0, 0.05) is 37.2 Å². The molecule has 0 bridgehead atoms. The molecule has 1 unspecified atom stereocenters. The molecular weight excluding hydrogens is 406 g/mol. The number of amides is 1. The van der Waals surface area contributed by atoms with Crippen molar-refractivity contribution in [1.82, 2.24) is 9.62 Å². The van der Waals surface area contributed by atoms with Crippen LogP contribution in [-0.2, 0) is 14.8 Å². The number of nitrogens with one attached hydrogen (secondary N) is 1. The van der Waals surface area contributed by atoms with E-state index in [1.54, 1.807) is 32.2 Å². The number of sulfonamides is 1. The summed E-state index contributed by atoms with van der Waals surface area (Å²) in [5.41, 5.74) is 0.559. The summed E-state index contributed by atoms with van der Waals surface area (Å²) in [6.07, 6.45) is -0.0600. The Bertz CT molecular complexity index is 981. The van der Waals surface area contributed by atoms with Crippen LogP contribution in [0.5, 0.6) is 0 Å². The molecule has 0 aliphatic rings. The Morgan fingerprint density at radius 2 is 1.93 bits per heavy atom. The highest BCUT2D eigenvalue weighted by atomic mass is 35.5. The molecule has 2 aromatic carbocycles. The minimum atomic E-state index is -3.77. The van der Waals surface area contributed by atoms with Gasteiger partial charge in [0.2, 0.25) is 15.9 Å². The Labute approximate surface area is 168 Å². The molecule has 0 heterocycles. The molecule has 0 radical (unpaired) electrons. The van der Waals surface area contributed by atoms with Crippen molar-refractivity contribution in [3.05, 3.63) is 69.2 Å². The van der Waals surface area contributed by atoms with Crippen molar-refractivity contribution >= 4 is 33.2 Å². The van der Waals surface area contributed by atoms with Crippen LogP contribution in [0.15, 0.2) is 53.4 Å². The number of hydrogen-bond acceptors (Lipinski definition) is 5. The van der Waals surface area contributed by atoms with Gasteiger partial charge in [-0.05, 0) is 30.7 Å². The number of nitro groups is 1. The molecule has 0 saturated heterocycles. The van der Waals surface area contributed by atoms with Gasteiger partial charge in [-0.1, -0.05) is 29.8 Å². The van der Waals surface area contributed by atoms with Gasteiger partial charge in [0.05, 0.1) is 15.9 Å². The third-order valence-corrected chi connectivity index (χ3v) is 5.97. The van der Waals surface area contributed by atoms with Gasteiger partial charge >= 0.3 is 0 Å². The third kappa shape index (κ3) is 5.51. The highest BCUT2D eigenvalue weighted by Gasteiger charge is 2.20. The molecule has 28 heavy (non-hydrogen) atoms. The van der Waals surface area contributed by atoms with Gasteiger partial charge in [0.15, 0.2) is 0 Å². The fourth-order valence-electron chi connectivity index (χ4n) is 2.52. The van der Waals surface area contributed by atoms with Crippen molar-refractivity contribution in [3.63, 3.8) is 0 Å². The maximum absolute atomic E-state index is 12.4. The largest absolute Gasteiger partial charge is 0.339 e. The first-order valence-electron chi connectivity index (χ1n) is 8.37. The second-order valence-corrected chi connectivity index (χ2v) is 8.34. The Morgan fingerprint density at radius 1 is 1.25 bits per heavy atom. The smallest absolute Gasteiger partial charge is 0.269 e. The third-order valence-electron chi connectivity index (χ3n) is 4.28. The molecule has 0 fully saturated rings. The molecule has 0 aromatic heterocycles.